The minimum Gasteiger partial charge on any atom is -0.456 e. The molecule has 61 heavy (non-hydrogen) atoms. The Balaban J connectivity index is 1.06. The first kappa shape index (κ1) is 35.0. The van der Waals surface area contributed by atoms with Gasteiger partial charge in [0.1, 0.15) is 11.2 Å². The predicted molar refractivity (Wildman–Crippen MR) is 254 cm³/mol. The molecule has 0 bridgehead atoms. The van der Waals surface area contributed by atoms with E-state index in [9.17, 15) is 0 Å². The highest BCUT2D eigenvalue weighted by Crippen LogP contribution is 2.59. The Morgan fingerprint density at radius 1 is 0.344 bits per heavy atom. The summed E-state index contributed by atoms with van der Waals surface area (Å²) in [6, 6.07) is 86.0. The number of rotatable bonds is 7. The molecule has 1 aliphatic rings. The van der Waals surface area contributed by atoms with Crippen LogP contribution in [0.1, 0.15) is 22.3 Å². The predicted octanol–water partition coefficient (Wildman–Crippen LogP) is 15.9. The lowest BCUT2D eigenvalue weighted by atomic mass is 9.68. The molecule has 0 saturated heterocycles. The Hall–Kier alpha value is -7.94. The van der Waals surface area contributed by atoms with Gasteiger partial charge in [-0.1, -0.05) is 188 Å². The Kier molecular flexibility index (Phi) is 8.11. The monoisotopic (exact) mass is 777 g/mol. The second-order valence-corrected chi connectivity index (χ2v) is 16.0. The van der Waals surface area contributed by atoms with E-state index in [4.69, 9.17) is 4.42 Å². The maximum Gasteiger partial charge on any atom is 0.137 e. The topological polar surface area (TPSA) is 16.4 Å². The van der Waals surface area contributed by atoms with Crippen molar-refractivity contribution in [3.8, 4) is 33.4 Å². The molecule has 10 aromatic carbocycles. The molecule has 0 saturated carbocycles. The Labute approximate surface area is 355 Å². The van der Waals surface area contributed by atoms with Crippen LogP contribution in [0.15, 0.2) is 241 Å². The molecule has 286 valence electrons. The molecule has 1 aromatic heterocycles. The summed E-state index contributed by atoms with van der Waals surface area (Å²) in [5.74, 6) is 0. The highest BCUT2D eigenvalue weighted by molar-refractivity contribution is 6.07. The fraction of sp³-hybridized carbons (Fsp3) is 0.0169. The van der Waals surface area contributed by atoms with Crippen molar-refractivity contribution < 1.29 is 4.42 Å². The molecule has 0 atom stereocenters. The molecule has 0 radical (unpaired) electrons. The van der Waals surface area contributed by atoms with E-state index in [0.717, 1.165) is 44.6 Å². The third-order valence-corrected chi connectivity index (χ3v) is 12.7. The SMILES string of the molecule is c1ccc(C2(c3ccccc3)c3ccccc3-c3c(N(c4ccc(-c5cccc(-c6cccc7ccccc67)c5)cc4)c4ccc5c(c4)oc4ccccc45)cccc32)cc1. The van der Waals surface area contributed by atoms with Crippen LogP contribution in [0, 0.1) is 0 Å². The molecule has 11 aromatic rings. The highest BCUT2D eigenvalue weighted by Gasteiger charge is 2.47. The van der Waals surface area contributed by atoms with Crippen LogP contribution in [0.4, 0.5) is 17.1 Å². The van der Waals surface area contributed by atoms with Gasteiger partial charge in [0.05, 0.1) is 11.1 Å². The van der Waals surface area contributed by atoms with Crippen molar-refractivity contribution in [1.29, 1.82) is 0 Å². The minimum atomic E-state index is -0.516. The number of hydrogen-bond acceptors (Lipinski definition) is 2. The van der Waals surface area contributed by atoms with E-state index in [1.807, 2.05) is 6.07 Å². The van der Waals surface area contributed by atoms with E-state index in [1.165, 1.54) is 60.8 Å². The third-order valence-electron chi connectivity index (χ3n) is 12.7. The molecule has 0 unspecified atom stereocenters. The van der Waals surface area contributed by atoms with Crippen molar-refractivity contribution in [2.75, 3.05) is 4.90 Å². The van der Waals surface area contributed by atoms with E-state index in [0.29, 0.717) is 0 Å². The van der Waals surface area contributed by atoms with E-state index in [2.05, 4.69) is 235 Å². The normalized spacial score (nSPS) is 12.7. The van der Waals surface area contributed by atoms with E-state index in [-0.39, 0.29) is 0 Å². The second kappa shape index (κ2) is 14.1. The number of anilines is 3. The highest BCUT2D eigenvalue weighted by atomic mass is 16.3. The lowest BCUT2D eigenvalue weighted by Crippen LogP contribution is -2.28. The molecule has 0 amide bonds. The van der Waals surface area contributed by atoms with Crippen molar-refractivity contribution >= 4 is 49.8 Å². The van der Waals surface area contributed by atoms with Gasteiger partial charge < -0.3 is 9.32 Å². The van der Waals surface area contributed by atoms with Crippen molar-refractivity contribution in [1.82, 2.24) is 0 Å². The maximum atomic E-state index is 6.54. The molecule has 0 fully saturated rings. The van der Waals surface area contributed by atoms with Crippen LogP contribution in [-0.4, -0.2) is 0 Å². The average Bonchev–Trinajstić information content (AvgIpc) is 3.86. The average molecular weight is 778 g/mol. The summed E-state index contributed by atoms with van der Waals surface area (Å²) >= 11 is 0. The molecule has 1 aliphatic carbocycles. The van der Waals surface area contributed by atoms with Crippen LogP contribution >= 0.6 is 0 Å². The molecule has 0 N–H and O–H groups in total. The van der Waals surface area contributed by atoms with Crippen LogP contribution in [0.2, 0.25) is 0 Å². The van der Waals surface area contributed by atoms with Gasteiger partial charge in [0, 0.05) is 33.8 Å². The fourth-order valence-corrected chi connectivity index (χ4v) is 10.1. The summed E-state index contributed by atoms with van der Waals surface area (Å²) < 4.78 is 6.54. The van der Waals surface area contributed by atoms with Gasteiger partial charge in [0.25, 0.3) is 0 Å². The smallest absolute Gasteiger partial charge is 0.137 e. The van der Waals surface area contributed by atoms with Crippen molar-refractivity contribution in [3.05, 3.63) is 259 Å². The lowest BCUT2D eigenvalue weighted by Gasteiger charge is -2.34. The summed E-state index contributed by atoms with van der Waals surface area (Å²) in [5.41, 5.74) is 16.7. The summed E-state index contributed by atoms with van der Waals surface area (Å²) in [4.78, 5) is 2.42. The largest absolute Gasteiger partial charge is 0.456 e. The van der Waals surface area contributed by atoms with Gasteiger partial charge in [0.2, 0.25) is 0 Å². The number of nitrogens with zero attached hydrogens (tertiary/aromatic N) is 1. The Morgan fingerprint density at radius 2 is 0.934 bits per heavy atom. The zero-order valence-corrected chi connectivity index (χ0v) is 33.4. The van der Waals surface area contributed by atoms with Gasteiger partial charge in [-0.05, 0) is 103 Å². The van der Waals surface area contributed by atoms with E-state index < -0.39 is 5.41 Å². The Morgan fingerprint density at radius 3 is 1.75 bits per heavy atom. The van der Waals surface area contributed by atoms with Crippen molar-refractivity contribution in [2.45, 2.75) is 5.41 Å². The summed E-state index contributed by atoms with van der Waals surface area (Å²) in [5, 5.41) is 4.73. The number of furan rings is 1. The molecule has 0 aliphatic heterocycles. The van der Waals surface area contributed by atoms with Crippen LogP contribution in [0.5, 0.6) is 0 Å². The number of hydrogen-bond donors (Lipinski definition) is 0. The quantitative estimate of drug-likeness (QED) is 0.160. The number of benzene rings is 10. The van der Waals surface area contributed by atoms with E-state index >= 15 is 0 Å². The van der Waals surface area contributed by atoms with Crippen LogP contribution in [-0.2, 0) is 5.41 Å². The minimum absolute atomic E-state index is 0.516. The molecular formula is C59H39NO. The van der Waals surface area contributed by atoms with Crippen molar-refractivity contribution in [2.24, 2.45) is 0 Å². The molecule has 0 spiro atoms. The van der Waals surface area contributed by atoms with Gasteiger partial charge >= 0.3 is 0 Å². The van der Waals surface area contributed by atoms with Crippen LogP contribution in [0.3, 0.4) is 0 Å². The standard InChI is InChI=1S/C59H39NO/c1-3-20-44(21-4-1)59(45-22-5-2-6-23-45)53-28-11-9-26-52(53)58-54(59)29-15-30-55(58)60(47-36-37-51-50-25-10-12-31-56(50)61-57(51)39-47)46-34-32-40(33-35-46)42-18-13-19-43(38-42)49-27-14-17-41-16-7-8-24-48(41)49/h1-39H. The summed E-state index contributed by atoms with van der Waals surface area (Å²) in [6.07, 6.45) is 0. The van der Waals surface area contributed by atoms with Gasteiger partial charge in [-0.25, -0.2) is 0 Å². The molecular weight excluding hydrogens is 739 g/mol. The number of para-hydroxylation sites is 1. The van der Waals surface area contributed by atoms with Crippen LogP contribution in [0.25, 0.3) is 66.1 Å². The molecule has 2 nitrogen and oxygen atoms in total. The third kappa shape index (κ3) is 5.50. The Bertz CT molecular complexity index is 3370. The first-order chi connectivity index (χ1) is 30.3. The summed E-state index contributed by atoms with van der Waals surface area (Å²) in [7, 11) is 0. The summed E-state index contributed by atoms with van der Waals surface area (Å²) in [6.45, 7) is 0. The number of fused-ring (bicyclic) bond motifs is 7. The zero-order chi connectivity index (χ0) is 40.3. The molecule has 2 heteroatoms. The first-order valence-corrected chi connectivity index (χ1v) is 21.0. The van der Waals surface area contributed by atoms with Gasteiger partial charge in [0.15, 0.2) is 0 Å². The van der Waals surface area contributed by atoms with Crippen molar-refractivity contribution in [3.63, 3.8) is 0 Å². The maximum absolute atomic E-state index is 6.54. The molecule has 12 rings (SSSR count). The van der Waals surface area contributed by atoms with Gasteiger partial charge in [-0.2, -0.15) is 0 Å². The molecule has 1 heterocycles. The lowest BCUT2D eigenvalue weighted by molar-refractivity contribution is 0.669. The van der Waals surface area contributed by atoms with Gasteiger partial charge in [-0.3, -0.25) is 0 Å². The van der Waals surface area contributed by atoms with E-state index in [1.54, 1.807) is 0 Å². The fourth-order valence-electron chi connectivity index (χ4n) is 10.1. The van der Waals surface area contributed by atoms with Gasteiger partial charge in [-0.15, -0.1) is 0 Å². The first-order valence-electron chi connectivity index (χ1n) is 21.0. The van der Waals surface area contributed by atoms with Crippen LogP contribution < -0.4 is 4.90 Å². The second-order valence-electron chi connectivity index (χ2n) is 16.0. The zero-order valence-electron chi connectivity index (χ0n) is 33.4.